The molecule has 0 spiro atoms. The highest BCUT2D eigenvalue weighted by Gasteiger charge is 2.15. The molecule has 0 amide bonds. The van der Waals surface area contributed by atoms with E-state index < -0.39 is 5.97 Å². The molecule has 0 atom stereocenters. The molecule has 0 N–H and O–H groups in total. The maximum Gasteiger partial charge on any atom is 0.233 e. The van der Waals surface area contributed by atoms with Crippen molar-refractivity contribution in [1.29, 1.82) is 0 Å². The lowest BCUT2D eigenvalue weighted by Gasteiger charge is -2.13. The highest BCUT2D eigenvalue weighted by Crippen LogP contribution is 2.23. The molecule has 22 heavy (non-hydrogen) atoms. The summed E-state index contributed by atoms with van der Waals surface area (Å²) in [6, 6.07) is 14.5. The topological polar surface area (TPSA) is 60.1 Å². The molecular weight excluding hydrogens is 278 g/mol. The molecule has 0 aliphatic rings. The van der Waals surface area contributed by atoms with E-state index in [1.807, 2.05) is 26.2 Å². The SMILES string of the molecule is CC(=O)[O-].CN(C)c1cccc2c1nc1ccccc1[n+]2C. The Kier molecular flexibility index (Phi) is 4.56. The molecule has 3 aromatic rings. The van der Waals surface area contributed by atoms with Gasteiger partial charge in [0.2, 0.25) is 11.0 Å². The lowest BCUT2D eigenvalue weighted by atomic mass is 10.2. The van der Waals surface area contributed by atoms with Crippen molar-refractivity contribution in [1.82, 2.24) is 4.98 Å². The molecule has 5 nitrogen and oxygen atoms in total. The van der Waals surface area contributed by atoms with Gasteiger partial charge in [0.1, 0.15) is 12.6 Å². The first-order valence-electron chi connectivity index (χ1n) is 6.94. The minimum atomic E-state index is -1.08. The summed E-state index contributed by atoms with van der Waals surface area (Å²) < 4.78 is 2.20. The predicted octanol–water partition coefficient (Wildman–Crippen LogP) is 1.03. The number of carboxylic acid groups (broad SMARTS) is 1. The Balaban J connectivity index is 0.000000396. The first kappa shape index (κ1) is 15.7. The third-order valence-electron chi connectivity index (χ3n) is 3.31. The van der Waals surface area contributed by atoms with Crippen LogP contribution in [0.4, 0.5) is 5.69 Å². The van der Waals surface area contributed by atoms with Crippen molar-refractivity contribution in [2.75, 3.05) is 19.0 Å². The summed E-state index contributed by atoms with van der Waals surface area (Å²) in [7, 11) is 6.18. The van der Waals surface area contributed by atoms with Crippen molar-refractivity contribution in [3.05, 3.63) is 42.5 Å². The van der Waals surface area contributed by atoms with Crippen molar-refractivity contribution in [3.8, 4) is 0 Å². The number of anilines is 1. The van der Waals surface area contributed by atoms with E-state index in [2.05, 4.69) is 46.8 Å². The minimum absolute atomic E-state index is 0.972. The molecule has 1 heterocycles. The number of benzene rings is 2. The number of aryl methyl sites for hydroxylation is 1. The summed E-state index contributed by atoms with van der Waals surface area (Å²) >= 11 is 0. The second kappa shape index (κ2) is 6.39. The van der Waals surface area contributed by atoms with Crippen molar-refractivity contribution in [2.24, 2.45) is 7.05 Å². The van der Waals surface area contributed by atoms with Crippen LogP contribution in [-0.4, -0.2) is 25.0 Å². The van der Waals surface area contributed by atoms with Crippen molar-refractivity contribution < 1.29 is 14.5 Å². The molecule has 0 aliphatic carbocycles. The Labute approximate surface area is 129 Å². The second-order valence-corrected chi connectivity index (χ2v) is 5.19. The second-order valence-electron chi connectivity index (χ2n) is 5.19. The lowest BCUT2D eigenvalue weighted by Crippen LogP contribution is -2.31. The van der Waals surface area contributed by atoms with Crippen molar-refractivity contribution in [3.63, 3.8) is 0 Å². The van der Waals surface area contributed by atoms with Gasteiger partial charge in [0.25, 0.3) is 0 Å². The maximum atomic E-state index is 8.89. The zero-order valence-electron chi connectivity index (χ0n) is 13.2. The Hall–Kier alpha value is -2.69. The third-order valence-corrected chi connectivity index (χ3v) is 3.31. The third kappa shape index (κ3) is 3.14. The zero-order valence-corrected chi connectivity index (χ0v) is 13.2. The van der Waals surface area contributed by atoms with Gasteiger partial charge in [0.05, 0.1) is 5.69 Å². The Morgan fingerprint density at radius 1 is 1.09 bits per heavy atom. The highest BCUT2D eigenvalue weighted by molar-refractivity contribution is 5.90. The molecular formula is C17H19N3O2. The van der Waals surface area contributed by atoms with Crippen LogP contribution < -0.4 is 14.6 Å². The quantitative estimate of drug-likeness (QED) is 0.497. The van der Waals surface area contributed by atoms with Gasteiger partial charge in [-0.15, -0.1) is 0 Å². The maximum absolute atomic E-state index is 8.89. The largest absolute Gasteiger partial charge is 0.550 e. The van der Waals surface area contributed by atoms with Crippen molar-refractivity contribution in [2.45, 2.75) is 6.92 Å². The molecule has 0 unspecified atom stereocenters. The van der Waals surface area contributed by atoms with Gasteiger partial charge in [-0.25, -0.2) is 4.98 Å². The fraction of sp³-hybridized carbons (Fsp3) is 0.235. The predicted molar refractivity (Wildman–Crippen MR) is 85.4 cm³/mol. The fourth-order valence-corrected chi connectivity index (χ4v) is 2.36. The molecule has 0 fully saturated rings. The molecule has 5 heteroatoms. The first-order chi connectivity index (χ1) is 10.4. The number of para-hydroxylation sites is 3. The zero-order chi connectivity index (χ0) is 16.3. The van der Waals surface area contributed by atoms with Gasteiger partial charge >= 0.3 is 0 Å². The summed E-state index contributed by atoms with van der Waals surface area (Å²) in [6.07, 6.45) is 0. The molecule has 0 radical (unpaired) electrons. The number of rotatable bonds is 1. The molecule has 0 bridgehead atoms. The van der Waals surface area contributed by atoms with E-state index in [0.29, 0.717) is 0 Å². The van der Waals surface area contributed by atoms with E-state index in [9.17, 15) is 0 Å². The Morgan fingerprint density at radius 3 is 2.32 bits per heavy atom. The Morgan fingerprint density at radius 2 is 1.68 bits per heavy atom. The summed E-state index contributed by atoms with van der Waals surface area (Å²) in [5.41, 5.74) is 5.53. The molecule has 0 aliphatic heterocycles. The number of carbonyl (C=O) groups excluding carboxylic acids is 1. The standard InChI is InChI=1S/C15H16N3.C2H4O2/c1-17(2)13-9-6-10-14-15(13)16-11-7-4-5-8-12(11)18(14)3;1-2(3)4/h4-10H,1-3H3;1H3,(H,3,4)/q+1;/p-1. The number of fused-ring (bicyclic) bond motifs is 2. The number of aliphatic carboxylic acids is 1. The van der Waals surface area contributed by atoms with Gasteiger partial charge in [-0.3, -0.25) is 0 Å². The van der Waals surface area contributed by atoms with Gasteiger partial charge in [0.15, 0.2) is 5.52 Å². The van der Waals surface area contributed by atoms with Crippen LogP contribution in [0.25, 0.3) is 22.1 Å². The molecule has 1 aromatic heterocycles. The Bertz CT molecular complexity index is 825. The van der Waals surface area contributed by atoms with Gasteiger partial charge in [-0.1, -0.05) is 18.2 Å². The van der Waals surface area contributed by atoms with Gasteiger partial charge in [-0.05, 0) is 19.1 Å². The van der Waals surface area contributed by atoms with Crippen LogP contribution in [0.15, 0.2) is 42.5 Å². The van der Waals surface area contributed by atoms with Crippen LogP contribution in [-0.2, 0) is 11.8 Å². The van der Waals surface area contributed by atoms with E-state index in [0.717, 1.165) is 34.7 Å². The van der Waals surface area contributed by atoms with Crippen LogP contribution in [0.2, 0.25) is 0 Å². The number of hydrogen-bond acceptors (Lipinski definition) is 4. The van der Waals surface area contributed by atoms with Gasteiger partial charge < -0.3 is 14.8 Å². The van der Waals surface area contributed by atoms with Crippen LogP contribution in [0.1, 0.15) is 6.92 Å². The van der Waals surface area contributed by atoms with E-state index >= 15 is 0 Å². The summed E-state index contributed by atoms with van der Waals surface area (Å²) in [4.78, 5) is 15.8. The smallest absolute Gasteiger partial charge is 0.233 e. The summed E-state index contributed by atoms with van der Waals surface area (Å²) in [6.45, 7) is 0.972. The van der Waals surface area contributed by atoms with Crippen LogP contribution in [0, 0.1) is 0 Å². The normalized spacial score (nSPS) is 10.2. The van der Waals surface area contributed by atoms with Crippen LogP contribution >= 0.6 is 0 Å². The fourth-order valence-electron chi connectivity index (χ4n) is 2.36. The molecule has 2 aromatic carbocycles. The molecule has 114 valence electrons. The van der Waals surface area contributed by atoms with Gasteiger partial charge in [0, 0.05) is 32.2 Å². The highest BCUT2D eigenvalue weighted by atomic mass is 16.4. The van der Waals surface area contributed by atoms with Gasteiger partial charge in [-0.2, -0.15) is 4.57 Å². The number of nitrogens with zero attached hydrogens (tertiary/aromatic N) is 3. The minimum Gasteiger partial charge on any atom is -0.550 e. The molecule has 3 rings (SSSR count). The number of aromatic nitrogens is 2. The molecule has 0 saturated heterocycles. The first-order valence-corrected chi connectivity index (χ1v) is 6.94. The van der Waals surface area contributed by atoms with E-state index in [-0.39, 0.29) is 0 Å². The average Bonchev–Trinajstić information content (AvgIpc) is 2.46. The van der Waals surface area contributed by atoms with E-state index in [1.54, 1.807) is 0 Å². The number of hydrogen-bond donors (Lipinski definition) is 0. The summed E-state index contributed by atoms with van der Waals surface area (Å²) in [5, 5.41) is 8.89. The summed E-state index contributed by atoms with van der Waals surface area (Å²) in [5.74, 6) is -1.08. The van der Waals surface area contributed by atoms with Crippen LogP contribution in [0.5, 0.6) is 0 Å². The lowest BCUT2D eigenvalue weighted by molar-refractivity contribution is -0.617. The van der Waals surface area contributed by atoms with Crippen molar-refractivity contribution >= 4 is 33.7 Å². The average molecular weight is 297 g/mol. The van der Waals surface area contributed by atoms with E-state index in [1.165, 1.54) is 0 Å². The molecule has 0 saturated carbocycles. The number of carboxylic acids is 1. The van der Waals surface area contributed by atoms with E-state index in [4.69, 9.17) is 14.9 Å². The number of carbonyl (C=O) groups is 1. The monoisotopic (exact) mass is 297 g/mol. The van der Waals surface area contributed by atoms with Crippen LogP contribution in [0.3, 0.4) is 0 Å².